The molecule has 1 aliphatic rings. The fourth-order valence-corrected chi connectivity index (χ4v) is 3.66. The molecule has 158 valence electrons. The molecule has 1 saturated heterocycles. The lowest BCUT2D eigenvalue weighted by molar-refractivity contribution is -0.137. The van der Waals surface area contributed by atoms with Gasteiger partial charge in [0, 0.05) is 13.1 Å². The lowest BCUT2D eigenvalue weighted by Gasteiger charge is -2.41. The molecule has 1 fully saturated rings. The van der Waals surface area contributed by atoms with E-state index in [0.717, 1.165) is 17.7 Å². The summed E-state index contributed by atoms with van der Waals surface area (Å²) in [5.74, 6) is 1.10. The van der Waals surface area contributed by atoms with Crippen molar-refractivity contribution in [3.8, 4) is 11.5 Å². The van der Waals surface area contributed by atoms with E-state index in [1.54, 1.807) is 18.2 Å². The van der Waals surface area contributed by atoms with Gasteiger partial charge < -0.3 is 19.3 Å². The van der Waals surface area contributed by atoms with E-state index >= 15 is 0 Å². The summed E-state index contributed by atoms with van der Waals surface area (Å²) < 4.78 is 55.6. The van der Waals surface area contributed by atoms with Gasteiger partial charge >= 0.3 is 6.18 Å². The van der Waals surface area contributed by atoms with Crippen LogP contribution in [0.5, 0.6) is 11.5 Å². The Bertz CT molecular complexity index is 828. The molecule has 0 saturated carbocycles. The lowest BCUT2D eigenvalue weighted by Crippen LogP contribution is -2.46. The number of morpholine rings is 1. The van der Waals surface area contributed by atoms with Crippen LogP contribution in [0.4, 0.5) is 13.2 Å². The van der Waals surface area contributed by atoms with Crippen LogP contribution in [-0.4, -0.2) is 50.1 Å². The molecule has 2 aromatic rings. The van der Waals surface area contributed by atoms with Crippen molar-refractivity contribution in [2.75, 3.05) is 34.0 Å². The normalized spacial score (nSPS) is 20.5. The van der Waals surface area contributed by atoms with Crippen molar-refractivity contribution in [3.05, 3.63) is 59.2 Å². The van der Waals surface area contributed by atoms with Gasteiger partial charge in [-0.2, -0.15) is 13.2 Å². The Labute approximate surface area is 167 Å². The predicted octanol–water partition coefficient (Wildman–Crippen LogP) is 3.66. The van der Waals surface area contributed by atoms with Gasteiger partial charge in [-0.1, -0.05) is 24.3 Å². The van der Waals surface area contributed by atoms with Crippen molar-refractivity contribution in [1.82, 2.24) is 4.90 Å². The molecule has 0 aliphatic carbocycles. The number of aliphatic hydroxyl groups excluding tert-OH is 1. The number of methoxy groups -OCH3 is 2. The molecule has 8 heteroatoms. The van der Waals surface area contributed by atoms with E-state index in [2.05, 4.69) is 0 Å². The van der Waals surface area contributed by atoms with Crippen molar-refractivity contribution >= 4 is 0 Å². The average molecular weight is 411 g/mol. The highest BCUT2D eigenvalue weighted by molar-refractivity contribution is 5.44. The Balaban J connectivity index is 1.92. The highest BCUT2D eigenvalue weighted by atomic mass is 19.4. The van der Waals surface area contributed by atoms with E-state index in [0.29, 0.717) is 36.8 Å². The summed E-state index contributed by atoms with van der Waals surface area (Å²) in [5, 5.41) is 9.83. The van der Waals surface area contributed by atoms with Gasteiger partial charge in [0.2, 0.25) is 0 Å². The molecule has 0 unspecified atom stereocenters. The smallest absolute Gasteiger partial charge is 0.416 e. The second-order valence-electron chi connectivity index (χ2n) is 6.82. The molecule has 0 spiro atoms. The summed E-state index contributed by atoms with van der Waals surface area (Å²) in [6.07, 6.45) is -4.90. The minimum Gasteiger partial charge on any atom is -0.493 e. The maximum absolute atomic E-state index is 13.1. The Morgan fingerprint density at radius 3 is 2.52 bits per heavy atom. The number of alkyl halides is 3. The second-order valence-corrected chi connectivity index (χ2v) is 6.82. The van der Waals surface area contributed by atoms with Gasteiger partial charge in [-0.05, 0) is 29.3 Å². The van der Waals surface area contributed by atoms with E-state index in [-0.39, 0.29) is 12.6 Å². The molecule has 0 aromatic heterocycles. The van der Waals surface area contributed by atoms with Crippen LogP contribution in [0.1, 0.15) is 22.7 Å². The van der Waals surface area contributed by atoms with Gasteiger partial charge in [0.05, 0.1) is 39.0 Å². The number of hydrogen-bond acceptors (Lipinski definition) is 5. The number of halogens is 3. The largest absolute Gasteiger partial charge is 0.493 e. The van der Waals surface area contributed by atoms with E-state index in [1.165, 1.54) is 20.3 Å². The van der Waals surface area contributed by atoms with Crippen LogP contribution in [-0.2, 0) is 17.5 Å². The van der Waals surface area contributed by atoms with Crippen molar-refractivity contribution < 1.29 is 32.5 Å². The fraction of sp³-hybridized carbons (Fsp3) is 0.429. The third kappa shape index (κ3) is 4.83. The van der Waals surface area contributed by atoms with E-state index in [4.69, 9.17) is 14.2 Å². The summed E-state index contributed by atoms with van der Waals surface area (Å²) >= 11 is 0. The number of ether oxygens (including phenoxy) is 3. The van der Waals surface area contributed by atoms with Gasteiger partial charge in [0.1, 0.15) is 6.10 Å². The van der Waals surface area contributed by atoms with Crippen molar-refractivity contribution in [2.45, 2.75) is 24.9 Å². The second kappa shape index (κ2) is 9.02. The molecule has 1 aliphatic heterocycles. The van der Waals surface area contributed by atoms with Gasteiger partial charge in [-0.15, -0.1) is 0 Å². The highest BCUT2D eigenvalue weighted by Crippen LogP contribution is 2.37. The first-order chi connectivity index (χ1) is 13.9. The maximum Gasteiger partial charge on any atom is 0.416 e. The molecule has 0 bridgehead atoms. The first-order valence-electron chi connectivity index (χ1n) is 9.22. The zero-order valence-corrected chi connectivity index (χ0v) is 16.3. The molecule has 0 amide bonds. The molecule has 2 atom stereocenters. The number of rotatable bonds is 6. The minimum atomic E-state index is -4.39. The van der Waals surface area contributed by atoms with Crippen LogP contribution in [0.3, 0.4) is 0 Å². The summed E-state index contributed by atoms with van der Waals surface area (Å²) in [4.78, 5) is 2.02. The molecule has 3 rings (SSSR count). The Morgan fingerprint density at radius 1 is 1.10 bits per heavy atom. The molecule has 5 nitrogen and oxygen atoms in total. The quantitative estimate of drug-likeness (QED) is 0.786. The summed E-state index contributed by atoms with van der Waals surface area (Å²) in [6.45, 7) is 0.987. The van der Waals surface area contributed by atoms with Gasteiger partial charge in [0.25, 0.3) is 0 Å². The lowest BCUT2D eigenvalue weighted by atomic mass is 9.97. The van der Waals surface area contributed by atoms with Crippen molar-refractivity contribution in [3.63, 3.8) is 0 Å². The van der Waals surface area contributed by atoms with E-state index < -0.39 is 17.8 Å². The molecule has 1 heterocycles. The molecular formula is C21H24F3NO4. The number of nitrogens with zero attached hydrogens (tertiary/aromatic N) is 1. The van der Waals surface area contributed by atoms with E-state index in [1.807, 2.05) is 11.0 Å². The van der Waals surface area contributed by atoms with Gasteiger partial charge in [-0.3, -0.25) is 4.90 Å². The Hall–Kier alpha value is -2.29. The molecule has 29 heavy (non-hydrogen) atoms. The summed E-state index contributed by atoms with van der Waals surface area (Å²) in [6, 6.07) is 10.4. The molecule has 0 radical (unpaired) electrons. The molecule has 2 aromatic carbocycles. The SMILES string of the molecule is COc1ccc([C@@H]2[C@@H](CO)OCCN2Cc2cccc(C(F)(F)F)c2)cc1OC. The first-order valence-corrected chi connectivity index (χ1v) is 9.22. The average Bonchev–Trinajstić information content (AvgIpc) is 2.72. The van der Waals surface area contributed by atoms with Crippen LogP contribution in [0.25, 0.3) is 0 Å². The van der Waals surface area contributed by atoms with E-state index in [9.17, 15) is 18.3 Å². The standard InChI is InChI=1S/C21H24F3NO4/c1-27-17-7-6-15(11-18(17)28-2)20-19(13-26)29-9-8-25(20)12-14-4-3-5-16(10-14)21(22,23)24/h3-7,10-11,19-20,26H,8-9,12-13H2,1-2H3/t19-,20-/m1/s1. The predicted molar refractivity (Wildman–Crippen MR) is 101 cm³/mol. The topological polar surface area (TPSA) is 51.2 Å². The van der Waals surface area contributed by atoms with Crippen LogP contribution < -0.4 is 9.47 Å². The fourth-order valence-electron chi connectivity index (χ4n) is 3.66. The molecular weight excluding hydrogens is 387 g/mol. The molecule has 1 N–H and O–H groups in total. The van der Waals surface area contributed by atoms with Crippen molar-refractivity contribution in [1.29, 1.82) is 0 Å². The zero-order valence-electron chi connectivity index (χ0n) is 16.3. The first kappa shape index (κ1) is 21.4. The van der Waals surface area contributed by atoms with Crippen LogP contribution in [0.2, 0.25) is 0 Å². The Morgan fingerprint density at radius 2 is 1.86 bits per heavy atom. The zero-order chi connectivity index (χ0) is 21.0. The van der Waals surface area contributed by atoms with Crippen molar-refractivity contribution in [2.24, 2.45) is 0 Å². The van der Waals surface area contributed by atoms with Gasteiger partial charge in [0.15, 0.2) is 11.5 Å². The third-order valence-corrected chi connectivity index (χ3v) is 5.03. The number of benzene rings is 2. The van der Waals surface area contributed by atoms with Crippen LogP contribution in [0, 0.1) is 0 Å². The third-order valence-electron chi connectivity index (χ3n) is 5.03. The summed E-state index contributed by atoms with van der Waals surface area (Å²) in [7, 11) is 3.07. The van der Waals surface area contributed by atoms with Crippen LogP contribution in [0.15, 0.2) is 42.5 Å². The maximum atomic E-state index is 13.1. The minimum absolute atomic E-state index is 0.210. The highest BCUT2D eigenvalue weighted by Gasteiger charge is 2.35. The monoisotopic (exact) mass is 411 g/mol. The van der Waals surface area contributed by atoms with Crippen LogP contribution >= 0.6 is 0 Å². The number of aliphatic hydroxyl groups is 1. The number of hydrogen-bond donors (Lipinski definition) is 1. The summed E-state index contributed by atoms with van der Waals surface area (Å²) in [5.41, 5.74) is 0.696. The van der Waals surface area contributed by atoms with Gasteiger partial charge in [-0.25, -0.2) is 0 Å². The Kier molecular flexibility index (Phi) is 6.66.